The summed E-state index contributed by atoms with van der Waals surface area (Å²) in [6.07, 6.45) is 1.31. The Bertz CT molecular complexity index is 827. The predicted octanol–water partition coefficient (Wildman–Crippen LogP) is -0.0562. The number of hydrogen-bond donors (Lipinski definition) is 5. The lowest BCUT2D eigenvalue weighted by atomic mass is 9.77. The molecule has 4 saturated heterocycles. The highest BCUT2D eigenvalue weighted by atomic mass is 19.1. The predicted molar refractivity (Wildman–Crippen MR) is 143 cm³/mol. The summed E-state index contributed by atoms with van der Waals surface area (Å²) in [5, 5.41) is 9.62. The van der Waals surface area contributed by atoms with Crippen molar-refractivity contribution in [3.8, 4) is 0 Å². The van der Waals surface area contributed by atoms with Crippen LogP contribution in [0, 0.1) is 16.7 Å². The second-order valence-electron chi connectivity index (χ2n) is 12.9. The minimum absolute atomic E-state index is 0.00170. The topological polar surface area (TPSA) is 121 Å². The number of ether oxygens (including phenoxy) is 1. The van der Waals surface area contributed by atoms with Crippen LogP contribution in [0.25, 0.3) is 0 Å². The summed E-state index contributed by atoms with van der Waals surface area (Å²) >= 11 is 0. The number of fused-ring (bicyclic) bond motifs is 1. The summed E-state index contributed by atoms with van der Waals surface area (Å²) < 4.78 is 35.6. The first-order valence-electron chi connectivity index (χ1n) is 14.8. The van der Waals surface area contributed by atoms with E-state index in [0.717, 1.165) is 65.1 Å². The summed E-state index contributed by atoms with van der Waals surface area (Å²) in [5.41, 5.74) is 12.4. The third-order valence-corrected chi connectivity index (χ3v) is 10.4. The highest BCUT2D eigenvalue weighted by Gasteiger charge is 2.65. The number of piperazine rings is 1. The molecular formula is C27H49F2N7O2. The van der Waals surface area contributed by atoms with Crippen molar-refractivity contribution < 1.29 is 18.3 Å². The smallest absolute Gasteiger partial charge is 0.227 e. The van der Waals surface area contributed by atoms with Crippen molar-refractivity contribution in [1.29, 1.82) is 0 Å². The maximum Gasteiger partial charge on any atom is 0.227 e. The van der Waals surface area contributed by atoms with E-state index in [9.17, 15) is 9.18 Å². The van der Waals surface area contributed by atoms with Crippen LogP contribution in [0.4, 0.5) is 8.78 Å². The van der Waals surface area contributed by atoms with Crippen molar-refractivity contribution >= 4 is 5.91 Å². The molecule has 8 atom stereocenters. The molecule has 1 saturated carbocycles. The number of nitrogens with two attached hydrogens (primary N) is 2. The zero-order valence-corrected chi connectivity index (χ0v) is 23.1. The van der Waals surface area contributed by atoms with E-state index in [4.69, 9.17) is 16.2 Å². The van der Waals surface area contributed by atoms with Crippen molar-refractivity contribution in [2.24, 2.45) is 28.2 Å². The van der Waals surface area contributed by atoms with Gasteiger partial charge in [-0.15, -0.1) is 0 Å². The van der Waals surface area contributed by atoms with Gasteiger partial charge in [-0.05, 0) is 36.5 Å². The van der Waals surface area contributed by atoms with Crippen LogP contribution in [0.3, 0.4) is 0 Å². The largest absolute Gasteiger partial charge is 0.378 e. The third-order valence-electron chi connectivity index (χ3n) is 10.4. The quantitative estimate of drug-likeness (QED) is 0.271. The van der Waals surface area contributed by atoms with Gasteiger partial charge in [0.15, 0.2) is 0 Å². The van der Waals surface area contributed by atoms with Crippen LogP contribution >= 0.6 is 0 Å². The molecule has 7 N–H and O–H groups in total. The van der Waals surface area contributed by atoms with E-state index in [1.807, 2.05) is 0 Å². The lowest BCUT2D eigenvalue weighted by Crippen LogP contribution is -2.69. The summed E-state index contributed by atoms with van der Waals surface area (Å²) in [6, 6.07) is -0.665. The molecule has 5 fully saturated rings. The van der Waals surface area contributed by atoms with Gasteiger partial charge in [-0.3, -0.25) is 14.6 Å². The average Bonchev–Trinajstić information content (AvgIpc) is 3.36. The fourth-order valence-corrected chi connectivity index (χ4v) is 8.10. The molecular weight excluding hydrogens is 492 g/mol. The molecule has 4 heterocycles. The molecule has 5 rings (SSSR count). The fourth-order valence-electron chi connectivity index (χ4n) is 8.10. The van der Waals surface area contributed by atoms with Gasteiger partial charge in [0.05, 0.1) is 43.4 Å². The van der Waals surface area contributed by atoms with Gasteiger partial charge in [0.1, 0.15) is 12.3 Å². The Balaban J connectivity index is 1.28. The van der Waals surface area contributed by atoms with Crippen molar-refractivity contribution in [3.63, 3.8) is 0 Å². The van der Waals surface area contributed by atoms with Gasteiger partial charge in [0.25, 0.3) is 0 Å². The summed E-state index contributed by atoms with van der Waals surface area (Å²) in [6.45, 7) is 10.1. The normalized spacial score (nSPS) is 42.0. The molecule has 0 radical (unpaired) electrons. The van der Waals surface area contributed by atoms with E-state index >= 15 is 4.39 Å². The average molecular weight is 542 g/mol. The molecule has 38 heavy (non-hydrogen) atoms. The first-order valence-corrected chi connectivity index (χ1v) is 14.8. The van der Waals surface area contributed by atoms with Gasteiger partial charge in [0.2, 0.25) is 5.91 Å². The Morgan fingerprint density at radius 3 is 2.45 bits per heavy atom. The van der Waals surface area contributed by atoms with Crippen LogP contribution < -0.4 is 27.4 Å². The van der Waals surface area contributed by atoms with Crippen LogP contribution in [0.2, 0.25) is 0 Å². The van der Waals surface area contributed by atoms with Crippen molar-refractivity contribution in [2.45, 2.75) is 88.6 Å². The number of halogens is 2. The summed E-state index contributed by atoms with van der Waals surface area (Å²) in [5.74, 6) is -0.992. The minimum Gasteiger partial charge on any atom is -0.378 e. The number of hydrogen-bond acceptors (Lipinski definition) is 8. The van der Waals surface area contributed by atoms with E-state index in [-0.39, 0.29) is 35.9 Å². The molecule has 8 unspecified atom stereocenters. The Labute approximate surface area is 226 Å². The zero-order valence-electron chi connectivity index (χ0n) is 23.1. The number of nitrogens with zero attached hydrogens (tertiary/aromatic N) is 2. The first-order chi connectivity index (χ1) is 18.2. The Morgan fingerprint density at radius 2 is 1.82 bits per heavy atom. The molecule has 5 aliphatic rings. The standard InChI is InChI=1S/C27H49F2N7O2/c1-3-4-27-10-20(33-11-17(28)9-26(27,2)16-27)22(24(30)31)25(37)34-21-13-32-12-19(29)23(21)36-7-5-35(6-8-36)18-14-38-15-18/h17-24,32-33H,3-16,30-31H2,1-2H3,(H,34,37). The van der Waals surface area contributed by atoms with Crippen LogP contribution in [0.5, 0.6) is 0 Å². The van der Waals surface area contributed by atoms with Gasteiger partial charge < -0.3 is 32.2 Å². The number of carbonyl (C=O) groups is 1. The number of carbonyl (C=O) groups excluding carboxylic acids is 1. The number of piperidine rings is 1. The van der Waals surface area contributed by atoms with Gasteiger partial charge in [-0.25, -0.2) is 8.78 Å². The zero-order chi connectivity index (χ0) is 27.1. The van der Waals surface area contributed by atoms with E-state index < -0.39 is 36.5 Å². The minimum atomic E-state index is -1.09. The second-order valence-corrected chi connectivity index (χ2v) is 12.9. The Hall–Kier alpha value is -0.950. The van der Waals surface area contributed by atoms with Crippen LogP contribution in [-0.4, -0.2) is 117 Å². The lowest BCUT2D eigenvalue weighted by molar-refractivity contribution is -0.129. The fraction of sp³-hybridized carbons (Fsp3) is 0.963. The van der Waals surface area contributed by atoms with Crippen LogP contribution in [0.15, 0.2) is 0 Å². The summed E-state index contributed by atoms with van der Waals surface area (Å²) in [4.78, 5) is 18.4. The van der Waals surface area contributed by atoms with Gasteiger partial charge >= 0.3 is 0 Å². The highest BCUT2D eigenvalue weighted by Crippen LogP contribution is 2.71. The number of rotatable bonds is 8. The van der Waals surface area contributed by atoms with E-state index in [0.29, 0.717) is 19.0 Å². The van der Waals surface area contributed by atoms with E-state index in [1.165, 1.54) is 0 Å². The van der Waals surface area contributed by atoms with Crippen molar-refractivity contribution in [2.75, 3.05) is 59.0 Å². The number of amides is 1. The van der Waals surface area contributed by atoms with Gasteiger partial charge in [-0.1, -0.05) is 20.3 Å². The SMILES string of the molecule is CCCC12CC(C(C(=O)NC3CNCC(F)C3N3CCN(C4COC4)CC3)C(N)N)NCC(F)CC1(C)C2. The second kappa shape index (κ2) is 11.5. The molecule has 11 heteroatoms. The van der Waals surface area contributed by atoms with Crippen molar-refractivity contribution in [1.82, 2.24) is 25.8 Å². The van der Waals surface area contributed by atoms with Crippen molar-refractivity contribution in [3.05, 3.63) is 0 Å². The number of alkyl halides is 2. The monoisotopic (exact) mass is 541 g/mol. The Morgan fingerprint density at radius 1 is 1.11 bits per heavy atom. The van der Waals surface area contributed by atoms with Crippen LogP contribution in [-0.2, 0) is 9.53 Å². The maximum atomic E-state index is 15.4. The molecule has 1 amide bonds. The van der Waals surface area contributed by atoms with E-state index in [1.54, 1.807) is 0 Å². The third kappa shape index (κ3) is 5.62. The maximum absolute atomic E-state index is 15.4. The van der Waals surface area contributed by atoms with Gasteiger partial charge in [0, 0.05) is 51.9 Å². The number of nitrogens with one attached hydrogen (secondary N) is 3. The Kier molecular flexibility index (Phi) is 8.65. The lowest BCUT2D eigenvalue weighted by Gasteiger charge is -2.48. The summed E-state index contributed by atoms with van der Waals surface area (Å²) in [7, 11) is 0. The molecule has 9 nitrogen and oxygen atoms in total. The highest BCUT2D eigenvalue weighted by molar-refractivity contribution is 5.80. The molecule has 218 valence electrons. The molecule has 0 aromatic carbocycles. The molecule has 0 spiro atoms. The molecule has 4 aliphatic heterocycles. The molecule has 1 aliphatic carbocycles. The first kappa shape index (κ1) is 28.6. The molecule has 0 aromatic heterocycles. The molecule has 0 bridgehead atoms. The van der Waals surface area contributed by atoms with Gasteiger partial charge in [-0.2, -0.15) is 0 Å². The van der Waals surface area contributed by atoms with Crippen LogP contribution in [0.1, 0.15) is 46.0 Å². The molecule has 0 aromatic rings. The van der Waals surface area contributed by atoms with E-state index in [2.05, 4.69) is 39.6 Å².